The molecular weight excluding hydrogens is 256 g/mol. The molecule has 1 aliphatic rings. The highest BCUT2D eigenvalue weighted by Crippen LogP contribution is 2.27. The Morgan fingerprint density at radius 3 is 2.75 bits per heavy atom. The SMILES string of the molecule is CC(C)(c1noc(-c2ccnnc2)n1)N1CCNCC1. The van der Waals surface area contributed by atoms with E-state index < -0.39 is 0 Å². The van der Waals surface area contributed by atoms with Gasteiger partial charge in [-0.2, -0.15) is 15.2 Å². The Hall–Kier alpha value is -1.86. The second-order valence-corrected chi connectivity index (χ2v) is 5.35. The van der Waals surface area contributed by atoms with Crippen LogP contribution in [0, 0.1) is 0 Å². The van der Waals surface area contributed by atoms with Crippen molar-refractivity contribution in [1.82, 2.24) is 30.6 Å². The Morgan fingerprint density at radius 2 is 2.05 bits per heavy atom. The van der Waals surface area contributed by atoms with Crippen LogP contribution >= 0.6 is 0 Å². The molecule has 7 nitrogen and oxygen atoms in total. The lowest BCUT2D eigenvalue weighted by Crippen LogP contribution is -2.52. The molecule has 3 rings (SSSR count). The van der Waals surface area contributed by atoms with Gasteiger partial charge >= 0.3 is 0 Å². The molecule has 1 aliphatic heterocycles. The van der Waals surface area contributed by atoms with Crippen molar-refractivity contribution in [3.8, 4) is 11.5 Å². The van der Waals surface area contributed by atoms with Crippen LogP contribution in [-0.2, 0) is 5.54 Å². The van der Waals surface area contributed by atoms with Crippen molar-refractivity contribution in [3.63, 3.8) is 0 Å². The third-order valence-corrected chi connectivity index (χ3v) is 3.71. The molecule has 0 aromatic carbocycles. The van der Waals surface area contributed by atoms with Gasteiger partial charge in [-0.1, -0.05) is 5.16 Å². The van der Waals surface area contributed by atoms with Crippen molar-refractivity contribution in [3.05, 3.63) is 24.3 Å². The molecule has 0 spiro atoms. The van der Waals surface area contributed by atoms with E-state index in [0.717, 1.165) is 31.7 Å². The van der Waals surface area contributed by atoms with Crippen LogP contribution in [0.5, 0.6) is 0 Å². The van der Waals surface area contributed by atoms with Crippen LogP contribution in [0.4, 0.5) is 0 Å². The maximum atomic E-state index is 5.36. The molecule has 0 aliphatic carbocycles. The minimum absolute atomic E-state index is 0.246. The van der Waals surface area contributed by atoms with Crippen molar-refractivity contribution in [2.24, 2.45) is 0 Å². The van der Waals surface area contributed by atoms with E-state index in [1.165, 1.54) is 0 Å². The van der Waals surface area contributed by atoms with Gasteiger partial charge in [-0.05, 0) is 19.9 Å². The summed E-state index contributed by atoms with van der Waals surface area (Å²) in [4.78, 5) is 6.88. The normalized spacial score (nSPS) is 17.3. The maximum Gasteiger partial charge on any atom is 0.259 e. The summed E-state index contributed by atoms with van der Waals surface area (Å²) in [6, 6.07) is 1.81. The van der Waals surface area contributed by atoms with Crippen LogP contribution in [0.1, 0.15) is 19.7 Å². The van der Waals surface area contributed by atoms with Crippen LogP contribution in [0.3, 0.4) is 0 Å². The monoisotopic (exact) mass is 274 g/mol. The van der Waals surface area contributed by atoms with Gasteiger partial charge in [0.1, 0.15) is 0 Å². The average Bonchev–Trinajstić information content (AvgIpc) is 3.00. The zero-order valence-corrected chi connectivity index (χ0v) is 11.7. The first-order chi connectivity index (χ1) is 9.68. The number of aromatic nitrogens is 4. The molecule has 2 aromatic rings. The molecule has 0 radical (unpaired) electrons. The van der Waals surface area contributed by atoms with Crippen LogP contribution < -0.4 is 5.32 Å². The standard InChI is InChI=1S/C13H18N6O/c1-13(2,19-7-5-14-6-8-19)12-17-11(20-18-12)10-3-4-15-16-9-10/h3-4,9,14H,5-8H2,1-2H3. The van der Waals surface area contributed by atoms with Crippen molar-refractivity contribution < 1.29 is 4.52 Å². The molecule has 0 amide bonds. The zero-order valence-electron chi connectivity index (χ0n) is 11.7. The van der Waals surface area contributed by atoms with Gasteiger partial charge in [0, 0.05) is 26.2 Å². The molecule has 20 heavy (non-hydrogen) atoms. The molecule has 0 saturated carbocycles. The van der Waals surface area contributed by atoms with E-state index in [2.05, 4.69) is 44.4 Å². The Kier molecular flexibility index (Phi) is 3.45. The predicted molar refractivity (Wildman–Crippen MR) is 72.8 cm³/mol. The average molecular weight is 274 g/mol. The van der Waals surface area contributed by atoms with Crippen LogP contribution in [0.2, 0.25) is 0 Å². The minimum atomic E-state index is -0.246. The summed E-state index contributed by atoms with van der Waals surface area (Å²) in [6.45, 7) is 8.18. The second kappa shape index (κ2) is 5.26. The Bertz CT molecular complexity index is 561. The van der Waals surface area contributed by atoms with E-state index in [-0.39, 0.29) is 5.54 Å². The van der Waals surface area contributed by atoms with Gasteiger partial charge < -0.3 is 9.84 Å². The summed E-state index contributed by atoms with van der Waals surface area (Å²) in [5.41, 5.74) is 0.541. The van der Waals surface area contributed by atoms with Crippen molar-refractivity contribution in [1.29, 1.82) is 0 Å². The van der Waals surface area contributed by atoms with Gasteiger partial charge in [0.15, 0.2) is 5.82 Å². The minimum Gasteiger partial charge on any atom is -0.334 e. The lowest BCUT2D eigenvalue weighted by molar-refractivity contribution is 0.0925. The Labute approximate surface area is 117 Å². The summed E-state index contributed by atoms with van der Waals surface area (Å²) in [6.07, 6.45) is 3.23. The summed E-state index contributed by atoms with van der Waals surface area (Å²) in [7, 11) is 0. The van der Waals surface area contributed by atoms with Crippen molar-refractivity contribution >= 4 is 0 Å². The van der Waals surface area contributed by atoms with E-state index in [1.54, 1.807) is 12.4 Å². The Balaban J connectivity index is 1.85. The fourth-order valence-electron chi connectivity index (χ4n) is 2.37. The molecule has 7 heteroatoms. The molecule has 0 atom stereocenters. The summed E-state index contributed by atoms with van der Waals surface area (Å²) in [5, 5.41) is 15.1. The highest BCUT2D eigenvalue weighted by atomic mass is 16.5. The van der Waals surface area contributed by atoms with Gasteiger partial charge in [-0.25, -0.2) is 0 Å². The zero-order chi connectivity index (χ0) is 14.0. The summed E-state index contributed by atoms with van der Waals surface area (Å²) < 4.78 is 5.36. The number of nitrogens with one attached hydrogen (secondary N) is 1. The molecule has 0 unspecified atom stereocenters. The molecule has 0 bridgehead atoms. The summed E-state index contributed by atoms with van der Waals surface area (Å²) >= 11 is 0. The molecule has 1 fully saturated rings. The van der Waals surface area contributed by atoms with E-state index in [0.29, 0.717) is 11.7 Å². The van der Waals surface area contributed by atoms with Gasteiger partial charge in [0.05, 0.1) is 23.5 Å². The first kappa shape index (κ1) is 13.1. The number of hydrogen-bond donors (Lipinski definition) is 1. The van der Waals surface area contributed by atoms with E-state index in [9.17, 15) is 0 Å². The molecule has 1 N–H and O–H groups in total. The third kappa shape index (κ3) is 2.41. The highest BCUT2D eigenvalue weighted by molar-refractivity contribution is 5.49. The fourth-order valence-corrected chi connectivity index (χ4v) is 2.37. The van der Waals surface area contributed by atoms with E-state index >= 15 is 0 Å². The van der Waals surface area contributed by atoms with E-state index in [1.807, 2.05) is 6.07 Å². The highest BCUT2D eigenvalue weighted by Gasteiger charge is 2.34. The first-order valence-electron chi connectivity index (χ1n) is 6.75. The van der Waals surface area contributed by atoms with Gasteiger partial charge in [-0.3, -0.25) is 4.90 Å². The van der Waals surface area contributed by atoms with Gasteiger partial charge in [-0.15, -0.1) is 0 Å². The molecule has 3 heterocycles. The predicted octanol–water partition coefficient (Wildman–Crippen LogP) is 0.667. The largest absolute Gasteiger partial charge is 0.334 e. The van der Waals surface area contributed by atoms with E-state index in [4.69, 9.17) is 4.52 Å². The second-order valence-electron chi connectivity index (χ2n) is 5.35. The van der Waals surface area contributed by atoms with Crippen LogP contribution in [0.25, 0.3) is 11.5 Å². The molecular formula is C13H18N6O. The topological polar surface area (TPSA) is 80.0 Å². The molecule has 1 saturated heterocycles. The van der Waals surface area contributed by atoms with Crippen LogP contribution in [0.15, 0.2) is 23.0 Å². The molecule has 106 valence electrons. The van der Waals surface area contributed by atoms with Gasteiger partial charge in [0.25, 0.3) is 5.89 Å². The van der Waals surface area contributed by atoms with Gasteiger partial charge in [0.2, 0.25) is 0 Å². The fraction of sp³-hybridized carbons (Fsp3) is 0.538. The van der Waals surface area contributed by atoms with Crippen molar-refractivity contribution in [2.75, 3.05) is 26.2 Å². The summed E-state index contributed by atoms with van der Waals surface area (Å²) in [5.74, 6) is 1.18. The third-order valence-electron chi connectivity index (χ3n) is 3.71. The van der Waals surface area contributed by atoms with Crippen LogP contribution in [-0.4, -0.2) is 51.4 Å². The lowest BCUT2D eigenvalue weighted by Gasteiger charge is -2.38. The smallest absolute Gasteiger partial charge is 0.259 e. The number of rotatable bonds is 3. The Morgan fingerprint density at radius 1 is 1.25 bits per heavy atom. The lowest BCUT2D eigenvalue weighted by atomic mass is 10.0. The number of nitrogens with zero attached hydrogens (tertiary/aromatic N) is 5. The molecule has 2 aromatic heterocycles. The quantitative estimate of drug-likeness (QED) is 0.881. The van der Waals surface area contributed by atoms with Crippen molar-refractivity contribution in [2.45, 2.75) is 19.4 Å². The first-order valence-corrected chi connectivity index (χ1v) is 6.75. The maximum absolute atomic E-state index is 5.36. The number of piperazine rings is 1. The number of hydrogen-bond acceptors (Lipinski definition) is 7.